The van der Waals surface area contributed by atoms with Crippen LogP contribution in [0.5, 0.6) is 0 Å². The van der Waals surface area contributed by atoms with Crippen LogP contribution in [0.2, 0.25) is 0 Å². The van der Waals surface area contributed by atoms with Crippen LogP contribution in [0.25, 0.3) is 0 Å². The van der Waals surface area contributed by atoms with Gasteiger partial charge in [-0.15, -0.1) is 0 Å². The van der Waals surface area contributed by atoms with Crippen LogP contribution in [0.3, 0.4) is 0 Å². The third-order valence-corrected chi connectivity index (χ3v) is 5.98. The normalized spacial score (nSPS) is 25.9. The van der Waals surface area contributed by atoms with Gasteiger partial charge in [0.25, 0.3) is 5.91 Å². The molecule has 1 amide bonds. The van der Waals surface area contributed by atoms with E-state index in [-0.39, 0.29) is 18.1 Å². The zero-order valence-corrected chi connectivity index (χ0v) is 16.6. The molecule has 146 valence electrons. The minimum absolute atomic E-state index is 0.164. The number of allylic oxidation sites excluding steroid dienone is 2. The summed E-state index contributed by atoms with van der Waals surface area (Å²) in [5.74, 6) is 0.712. The fraction of sp³-hybridized carbons (Fsp3) is 0.636. The lowest BCUT2D eigenvalue weighted by atomic mass is 9.89. The summed E-state index contributed by atoms with van der Waals surface area (Å²) in [7, 11) is 0. The average molecular weight is 370 g/mol. The standard InChI is InChI=1S/C22H31N3O2/c1-16(2)25-15-20(27-22(9-10-22)21(25)26)19-7-11-24(12-8-19)14-18(4)6-5-17(3)13-23/h5-6,16,19-20H,3-4,7-12,14-15H2,1-2H3/b6-5-. The second kappa shape index (κ2) is 8.00. The van der Waals surface area contributed by atoms with Crippen molar-refractivity contribution in [1.29, 1.82) is 5.26 Å². The second-order valence-corrected chi connectivity index (χ2v) is 8.44. The van der Waals surface area contributed by atoms with E-state index in [9.17, 15) is 4.79 Å². The van der Waals surface area contributed by atoms with Gasteiger partial charge >= 0.3 is 0 Å². The predicted molar refractivity (Wildman–Crippen MR) is 106 cm³/mol. The highest BCUT2D eigenvalue weighted by atomic mass is 16.5. The summed E-state index contributed by atoms with van der Waals surface area (Å²) in [6, 6.07) is 2.25. The van der Waals surface area contributed by atoms with Crippen LogP contribution >= 0.6 is 0 Å². The van der Waals surface area contributed by atoms with Crippen molar-refractivity contribution in [3.8, 4) is 6.07 Å². The van der Waals surface area contributed by atoms with Gasteiger partial charge in [0, 0.05) is 24.7 Å². The van der Waals surface area contributed by atoms with Crippen LogP contribution in [-0.4, -0.2) is 59.6 Å². The number of rotatable bonds is 6. The molecule has 1 atom stereocenters. The Balaban J connectivity index is 1.51. The van der Waals surface area contributed by atoms with Crippen molar-refractivity contribution >= 4 is 5.91 Å². The van der Waals surface area contributed by atoms with E-state index in [4.69, 9.17) is 10.00 Å². The highest BCUT2D eigenvalue weighted by Crippen LogP contribution is 2.47. The van der Waals surface area contributed by atoms with Gasteiger partial charge in [0.2, 0.25) is 0 Å². The van der Waals surface area contributed by atoms with E-state index in [0.717, 1.165) is 57.4 Å². The van der Waals surface area contributed by atoms with Crippen LogP contribution < -0.4 is 0 Å². The third kappa shape index (κ3) is 4.51. The van der Waals surface area contributed by atoms with Crippen LogP contribution in [0, 0.1) is 17.2 Å². The Bertz CT molecular complexity index is 676. The summed E-state index contributed by atoms with van der Waals surface area (Å²) in [6.07, 6.45) is 7.69. The number of nitrogens with zero attached hydrogens (tertiary/aromatic N) is 3. The van der Waals surface area contributed by atoms with Gasteiger partial charge in [0.1, 0.15) is 5.60 Å². The Morgan fingerprint density at radius 3 is 2.56 bits per heavy atom. The van der Waals surface area contributed by atoms with Crippen LogP contribution in [0.1, 0.15) is 39.5 Å². The van der Waals surface area contributed by atoms with Gasteiger partial charge in [-0.25, -0.2) is 0 Å². The van der Waals surface area contributed by atoms with Crippen molar-refractivity contribution in [1.82, 2.24) is 9.80 Å². The highest BCUT2D eigenvalue weighted by molar-refractivity contribution is 5.89. The number of piperidine rings is 1. The fourth-order valence-corrected chi connectivity index (χ4v) is 4.13. The molecule has 1 aliphatic carbocycles. The predicted octanol–water partition coefficient (Wildman–Crippen LogP) is 3.06. The first-order valence-electron chi connectivity index (χ1n) is 10.0. The number of carbonyl (C=O) groups is 1. The van der Waals surface area contributed by atoms with E-state index >= 15 is 0 Å². The molecule has 0 aromatic heterocycles. The summed E-state index contributed by atoms with van der Waals surface area (Å²) in [6.45, 7) is 15.5. The lowest BCUT2D eigenvalue weighted by Crippen LogP contribution is -2.58. The zero-order chi connectivity index (χ0) is 19.6. The maximum Gasteiger partial charge on any atom is 0.255 e. The maximum absolute atomic E-state index is 12.6. The number of hydrogen-bond acceptors (Lipinski definition) is 4. The first-order valence-corrected chi connectivity index (χ1v) is 10.0. The smallest absolute Gasteiger partial charge is 0.255 e. The number of nitriles is 1. The zero-order valence-electron chi connectivity index (χ0n) is 16.6. The van der Waals surface area contributed by atoms with Crippen molar-refractivity contribution in [3.05, 3.63) is 36.5 Å². The largest absolute Gasteiger partial charge is 0.360 e. The maximum atomic E-state index is 12.6. The topological polar surface area (TPSA) is 56.6 Å². The Morgan fingerprint density at radius 1 is 1.33 bits per heavy atom. The fourth-order valence-electron chi connectivity index (χ4n) is 4.13. The molecule has 0 bridgehead atoms. The molecular formula is C22H31N3O2. The number of amides is 1. The molecule has 0 N–H and O–H groups in total. The molecule has 5 heteroatoms. The molecule has 2 heterocycles. The number of likely N-dealkylation sites (tertiary alicyclic amines) is 1. The summed E-state index contributed by atoms with van der Waals surface area (Å²) in [4.78, 5) is 17.1. The first kappa shape index (κ1) is 19.9. The Morgan fingerprint density at radius 2 is 2.00 bits per heavy atom. The van der Waals surface area contributed by atoms with Gasteiger partial charge in [0.15, 0.2) is 0 Å². The molecule has 5 nitrogen and oxygen atoms in total. The van der Waals surface area contributed by atoms with Gasteiger partial charge in [0.05, 0.1) is 12.2 Å². The molecule has 1 unspecified atom stereocenters. The molecule has 2 saturated heterocycles. The number of hydrogen-bond donors (Lipinski definition) is 0. The van der Waals surface area contributed by atoms with E-state index in [1.165, 1.54) is 0 Å². The lowest BCUT2D eigenvalue weighted by Gasteiger charge is -2.45. The monoisotopic (exact) mass is 369 g/mol. The van der Waals surface area contributed by atoms with Gasteiger partial charge < -0.3 is 9.64 Å². The SMILES string of the molecule is C=C(C#N)/C=C\C(=C)CN1CCC(C2CN(C(C)C)C(=O)C3(CC3)O2)CC1. The molecular weight excluding hydrogens is 338 g/mol. The minimum Gasteiger partial charge on any atom is -0.360 e. The minimum atomic E-state index is -0.494. The summed E-state index contributed by atoms with van der Waals surface area (Å²) in [5, 5.41) is 8.76. The van der Waals surface area contributed by atoms with E-state index in [1.54, 1.807) is 6.08 Å². The van der Waals surface area contributed by atoms with Crippen LogP contribution in [0.4, 0.5) is 0 Å². The third-order valence-electron chi connectivity index (χ3n) is 5.98. The number of morpholine rings is 1. The van der Waals surface area contributed by atoms with Gasteiger partial charge in [-0.3, -0.25) is 9.69 Å². The quantitative estimate of drug-likeness (QED) is 0.533. The van der Waals surface area contributed by atoms with E-state index < -0.39 is 5.60 Å². The lowest BCUT2D eigenvalue weighted by molar-refractivity contribution is -0.177. The van der Waals surface area contributed by atoms with Crippen molar-refractivity contribution in [3.63, 3.8) is 0 Å². The summed E-state index contributed by atoms with van der Waals surface area (Å²) < 4.78 is 6.33. The van der Waals surface area contributed by atoms with Crippen LogP contribution in [-0.2, 0) is 9.53 Å². The molecule has 0 aromatic carbocycles. The molecule has 2 aliphatic heterocycles. The van der Waals surface area contributed by atoms with E-state index in [1.807, 2.05) is 17.0 Å². The van der Waals surface area contributed by atoms with Crippen LogP contribution in [0.15, 0.2) is 36.5 Å². The summed E-state index contributed by atoms with van der Waals surface area (Å²) in [5.41, 5.74) is 0.946. The number of carbonyl (C=O) groups excluding carboxylic acids is 1. The Hall–Kier alpha value is -1.90. The average Bonchev–Trinajstić information content (AvgIpc) is 3.42. The Labute approximate surface area is 163 Å². The first-order chi connectivity index (χ1) is 12.8. The van der Waals surface area contributed by atoms with Crippen molar-refractivity contribution in [2.75, 3.05) is 26.2 Å². The Kier molecular flexibility index (Phi) is 5.88. The van der Waals surface area contributed by atoms with Crippen molar-refractivity contribution < 1.29 is 9.53 Å². The van der Waals surface area contributed by atoms with E-state index in [0.29, 0.717) is 11.5 Å². The molecule has 27 heavy (non-hydrogen) atoms. The molecule has 3 rings (SSSR count). The molecule has 0 radical (unpaired) electrons. The van der Waals surface area contributed by atoms with Crippen molar-refractivity contribution in [2.45, 2.75) is 57.3 Å². The van der Waals surface area contributed by atoms with E-state index in [2.05, 4.69) is 31.9 Å². The highest BCUT2D eigenvalue weighted by Gasteiger charge is 2.58. The number of ether oxygens (including phenoxy) is 1. The molecule has 1 spiro atoms. The molecule has 1 saturated carbocycles. The molecule has 0 aromatic rings. The summed E-state index contributed by atoms with van der Waals surface area (Å²) >= 11 is 0. The molecule has 3 aliphatic rings. The van der Waals surface area contributed by atoms with Gasteiger partial charge in [-0.1, -0.05) is 19.2 Å². The van der Waals surface area contributed by atoms with Gasteiger partial charge in [-0.05, 0) is 70.2 Å². The second-order valence-electron chi connectivity index (χ2n) is 8.44. The van der Waals surface area contributed by atoms with Crippen molar-refractivity contribution in [2.24, 2.45) is 5.92 Å². The molecule has 3 fully saturated rings. The van der Waals surface area contributed by atoms with Gasteiger partial charge in [-0.2, -0.15) is 5.26 Å².